The minimum absolute atomic E-state index is 0.0728. The second-order valence-corrected chi connectivity index (χ2v) is 5.26. The minimum Gasteiger partial charge on any atom is -0.428 e. The van der Waals surface area contributed by atoms with E-state index in [1.165, 1.54) is 12.1 Å². The summed E-state index contributed by atoms with van der Waals surface area (Å²) < 4.78 is 53.9. The van der Waals surface area contributed by atoms with Crippen molar-refractivity contribution >= 4 is 23.2 Å². The Kier molecular flexibility index (Phi) is 7.20. The monoisotopic (exact) mass is 367 g/mol. The molecule has 0 unspecified atom stereocenters. The third-order valence-electron chi connectivity index (χ3n) is 2.88. The standard InChI is InChI=1S/C14H17F4N3O2S/c1-3-8(2)19-13(24)21-20-11(22)9-5-4-6-10(7-9)23-14(17,18)12(15)16/h4-8,12H,3H2,1-2H3,(H,20,22)(H2,19,21,24)/t8-/m1/s1. The Morgan fingerprint density at radius 2 is 2.00 bits per heavy atom. The van der Waals surface area contributed by atoms with Crippen LogP contribution < -0.4 is 20.9 Å². The van der Waals surface area contributed by atoms with Crippen LogP contribution >= 0.6 is 12.2 Å². The number of halogens is 4. The summed E-state index contributed by atoms with van der Waals surface area (Å²) in [6, 6.07) is 4.57. The maximum Gasteiger partial charge on any atom is 0.461 e. The largest absolute Gasteiger partial charge is 0.461 e. The molecule has 0 aliphatic heterocycles. The van der Waals surface area contributed by atoms with E-state index in [9.17, 15) is 22.4 Å². The molecule has 1 aromatic rings. The van der Waals surface area contributed by atoms with Crippen molar-refractivity contribution in [2.75, 3.05) is 0 Å². The van der Waals surface area contributed by atoms with Crippen LogP contribution in [0.3, 0.4) is 0 Å². The minimum atomic E-state index is -4.64. The van der Waals surface area contributed by atoms with Crippen LogP contribution in [0.1, 0.15) is 30.6 Å². The van der Waals surface area contributed by atoms with Gasteiger partial charge in [0.1, 0.15) is 5.75 Å². The number of nitrogens with one attached hydrogen (secondary N) is 3. The Bertz CT molecular complexity index is 587. The lowest BCUT2D eigenvalue weighted by molar-refractivity contribution is -0.253. The van der Waals surface area contributed by atoms with Crippen LogP contribution in [0.4, 0.5) is 17.6 Å². The zero-order chi connectivity index (χ0) is 18.3. The number of hydrogen-bond acceptors (Lipinski definition) is 3. The summed E-state index contributed by atoms with van der Waals surface area (Å²) in [5.41, 5.74) is 4.63. The Balaban J connectivity index is 2.66. The number of hydrogen-bond donors (Lipinski definition) is 3. The molecule has 1 amide bonds. The van der Waals surface area contributed by atoms with Crippen molar-refractivity contribution in [2.24, 2.45) is 0 Å². The first kappa shape index (κ1) is 19.9. The summed E-state index contributed by atoms with van der Waals surface area (Å²) in [4.78, 5) is 11.9. The van der Waals surface area contributed by atoms with E-state index in [-0.39, 0.29) is 16.7 Å². The van der Waals surface area contributed by atoms with E-state index in [0.717, 1.165) is 18.6 Å². The van der Waals surface area contributed by atoms with Crippen molar-refractivity contribution < 1.29 is 27.1 Å². The number of rotatable bonds is 6. The van der Waals surface area contributed by atoms with Crippen LogP contribution in [0.25, 0.3) is 0 Å². The van der Waals surface area contributed by atoms with E-state index in [2.05, 4.69) is 20.9 Å². The summed E-state index contributed by atoms with van der Waals surface area (Å²) in [5, 5.41) is 3.06. The van der Waals surface area contributed by atoms with Crippen LogP contribution in [0, 0.1) is 0 Å². The molecule has 24 heavy (non-hydrogen) atoms. The van der Waals surface area contributed by atoms with Crippen LogP contribution in [0.5, 0.6) is 5.75 Å². The number of alkyl halides is 4. The fourth-order valence-electron chi connectivity index (χ4n) is 1.45. The van der Waals surface area contributed by atoms with Crippen molar-refractivity contribution in [2.45, 2.75) is 38.8 Å². The predicted octanol–water partition coefficient (Wildman–Crippen LogP) is 2.83. The molecular weight excluding hydrogens is 350 g/mol. The number of ether oxygens (including phenoxy) is 1. The number of carbonyl (C=O) groups excluding carboxylic acids is 1. The molecule has 3 N–H and O–H groups in total. The fraction of sp³-hybridized carbons (Fsp3) is 0.429. The first-order chi connectivity index (χ1) is 11.2. The SMILES string of the molecule is CC[C@@H](C)NC(=S)NNC(=O)c1cccc(OC(F)(F)C(F)F)c1. The van der Waals surface area contributed by atoms with Gasteiger partial charge in [0.25, 0.3) is 5.91 Å². The van der Waals surface area contributed by atoms with Gasteiger partial charge in [-0.2, -0.15) is 17.6 Å². The van der Waals surface area contributed by atoms with E-state index >= 15 is 0 Å². The summed E-state index contributed by atoms with van der Waals surface area (Å²) >= 11 is 4.95. The molecule has 1 aromatic carbocycles. The highest BCUT2D eigenvalue weighted by atomic mass is 32.1. The lowest BCUT2D eigenvalue weighted by Crippen LogP contribution is -2.49. The van der Waals surface area contributed by atoms with Crippen molar-refractivity contribution in [3.63, 3.8) is 0 Å². The molecule has 0 saturated heterocycles. The number of hydrazine groups is 1. The topological polar surface area (TPSA) is 62.4 Å². The van der Waals surface area contributed by atoms with Gasteiger partial charge in [0.15, 0.2) is 5.11 Å². The van der Waals surface area contributed by atoms with Crippen LogP contribution in [-0.4, -0.2) is 29.6 Å². The van der Waals surface area contributed by atoms with Gasteiger partial charge in [-0.25, -0.2) is 0 Å². The molecule has 0 saturated carbocycles. The van der Waals surface area contributed by atoms with Gasteiger partial charge in [-0.3, -0.25) is 15.6 Å². The van der Waals surface area contributed by atoms with Crippen LogP contribution in [0.15, 0.2) is 24.3 Å². The average Bonchev–Trinajstić information content (AvgIpc) is 2.52. The molecule has 0 aliphatic rings. The summed E-state index contributed by atoms with van der Waals surface area (Å²) in [6.07, 6.45) is -7.82. The number of benzene rings is 1. The Labute approximate surface area is 141 Å². The highest BCUT2D eigenvalue weighted by Gasteiger charge is 2.44. The normalized spacial score (nSPS) is 12.5. The third-order valence-corrected chi connectivity index (χ3v) is 3.10. The number of thiocarbonyl (C=S) groups is 1. The summed E-state index contributed by atoms with van der Waals surface area (Å²) in [6.45, 7) is 3.83. The highest BCUT2D eigenvalue weighted by Crippen LogP contribution is 2.27. The second-order valence-electron chi connectivity index (χ2n) is 4.85. The molecule has 0 bridgehead atoms. The molecule has 0 fully saturated rings. The molecule has 1 atom stereocenters. The molecule has 1 rings (SSSR count). The van der Waals surface area contributed by atoms with E-state index in [1.54, 1.807) is 0 Å². The lowest BCUT2D eigenvalue weighted by atomic mass is 10.2. The summed E-state index contributed by atoms with van der Waals surface area (Å²) in [5.74, 6) is -1.26. The van der Waals surface area contributed by atoms with Gasteiger partial charge in [0.2, 0.25) is 0 Å². The van der Waals surface area contributed by atoms with Gasteiger partial charge < -0.3 is 10.1 Å². The molecule has 0 aliphatic carbocycles. The van der Waals surface area contributed by atoms with Gasteiger partial charge in [-0.15, -0.1) is 0 Å². The molecule has 10 heteroatoms. The third kappa shape index (κ3) is 6.19. The molecule has 134 valence electrons. The van der Waals surface area contributed by atoms with Crippen molar-refractivity contribution in [3.05, 3.63) is 29.8 Å². The Hall–Kier alpha value is -2.10. The highest BCUT2D eigenvalue weighted by molar-refractivity contribution is 7.80. The number of carbonyl (C=O) groups is 1. The van der Waals surface area contributed by atoms with Gasteiger partial charge >= 0.3 is 12.5 Å². The first-order valence-corrected chi connectivity index (χ1v) is 7.38. The average molecular weight is 367 g/mol. The van der Waals surface area contributed by atoms with Crippen LogP contribution in [-0.2, 0) is 0 Å². The van der Waals surface area contributed by atoms with Gasteiger partial charge in [0, 0.05) is 11.6 Å². The van der Waals surface area contributed by atoms with Crippen LogP contribution in [0.2, 0.25) is 0 Å². The molecule has 0 heterocycles. The van der Waals surface area contributed by atoms with Crippen molar-refractivity contribution in [1.29, 1.82) is 0 Å². The summed E-state index contributed by atoms with van der Waals surface area (Å²) in [7, 11) is 0. The molecule has 0 aromatic heterocycles. The van der Waals surface area contributed by atoms with Crippen molar-refractivity contribution in [1.82, 2.24) is 16.2 Å². The van der Waals surface area contributed by atoms with Gasteiger partial charge in [-0.1, -0.05) is 13.0 Å². The fourth-order valence-corrected chi connectivity index (χ4v) is 1.70. The van der Waals surface area contributed by atoms with Gasteiger partial charge in [-0.05, 0) is 43.8 Å². The molecule has 5 nitrogen and oxygen atoms in total. The molecule has 0 spiro atoms. The maximum absolute atomic E-state index is 12.9. The van der Waals surface area contributed by atoms with E-state index in [4.69, 9.17) is 12.2 Å². The van der Waals surface area contributed by atoms with E-state index < -0.39 is 24.2 Å². The molecule has 0 radical (unpaired) electrons. The smallest absolute Gasteiger partial charge is 0.428 e. The van der Waals surface area contributed by atoms with Gasteiger partial charge in [0.05, 0.1) is 0 Å². The zero-order valence-electron chi connectivity index (χ0n) is 12.9. The van der Waals surface area contributed by atoms with E-state index in [1.807, 2.05) is 13.8 Å². The molecular formula is C14H17F4N3O2S. The Morgan fingerprint density at radius 3 is 2.58 bits per heavy atom. The van der Waals surface area contributed by atoms with Crippen molar-refractivity contribution in [3.8, 4) is 5.75 Å². The Morgan fingerprint density at radius 1 is 1.33 bits per heavy atom. The second kappa shape index (κ2) is 8.67. The van der Waals surface area contributed by atoms with E-state index in [0.29, 0.717) is 0 Å². The lowest BCUT2D eigenvalue weighted by Gasteiger charge is -2.17. The first-order valence-electron chi connectivity index (χ1n) is 6.97. The quantitative estimate of drug-likeness (QED) is 0.410. The zero-order valence-corrected chi connectivity index (χ0v) is 13.7. The number of amides is 1. The maximum atomic E-state index is 12.9. The predicted molar refractivity (Wildman–Crippen MR) is 84.1 cm³/mol.